The summed E-state index contributed by atoms with van der Waals surface area (Å²) in [4.78, 5) is 13.3. The van der Waals surface area contributed by atoms with E-state index >= 15 is 0 Å². The van der Waals surface area contributed by atoms with Crippen LogP contribution in [0.25, 0.3) is 0 Å². The van der Waals surface area contributed by atoms with Crippen LogP contribution in [0.3, 0.4) is 0 Å². The van der Waals surface area contributed by atoms with Gasteiger partial charge >= 0.3 is 0 Å². The molecule has 0 aliphatic rings. The van der Waals surface area contributed by atoms with Crippen LogP contribution in [-0.4, -0.2) is 37.0 Å². The molecule has 0 spiro atoms. The molecule has 4 nitrogen and oxygen atoms in total. The molecule has 0 heterocycles. The molecule has 0 fully saturated rings. The third kappa shape index (κ3) is 4.84. The summed E-state index contributed by atoms with van der Waals surface area (Å²) in [6.07, 6.45) is 0.257. The monoisotopic (exact) mass is 328 g/mol. The van der Waals surface area contributed by atoms with Gasteiger partial charge in [-0.1, -0.05) is 15.9 Å². The van der Waals surface area contributed by atoms with Gasteiger partial charge in [-0.2, -0.15) is 0 Å². The molecular weight excluding hydrogens is 308 g/mol. The van der Waals surface area contributed by atoms with Crippen molar-refractivity contribution in [3.63, 3.8) is 0 Å². The van der Waals surface area contributed by atoms with Crippen LogP contribution in [0, 0.1) is 0 Å². The zero-order valence-electron chi connectivity index (χ0n) is 11.8. The van der Waals surface area contributed by atoms with Gasteiger partial charge in [0.15, 0.2) is 6.10 Å². The van der Waals surface area contributed by atoms with Crippen LogP contribution < -0.4 is 10.5 Å². The summed E-state index contributed by atoms with van der Waals surface area (Å²) in [5.74, 6) is 0.623. The van der Waals surface area contributed by atoms with E-state index in [-0.39, 0.29) is 11.9 Å². The molecular formula is C14H21BrN2O2. The molecule has 0 radical (unpaired) electrons. The normalized spacial score (nSPS) is 13.8. The van der Waals surface area contributed by atoms with Gasteiger partial charge in [0.1, 0.15) is 5.75 Å². The van der Waals surface area contributed by atoms with E-state index in [9.17, 15) is 4.79 Å². The molecule has 2 atom stereocenters. The van der Waals surface area contributed by atoms with Crippen molar-refractivity contribution >= 4 is 21.8 Å². The van der Waals surface area contributed by atoms with Gasteiger partial charge in [-0.05, 0) is 44.0 Å². The highest BCUT2D eigenvalue weighted by Gasteiger charge is 2.17. The van der Waals surface area contributed by atoms with Crippen molar-refractivity contribution in [2.75, 3.05) is 14.1 Å². The highest BCUT2D eigenvalue weighted by atomic mass is 79.9. The Balaban J connectivity index is 2.82. The summed E-state index contributed by atoms with van der Waals surface area (Å²) in [5.41, 5.74) is 6.89. The lowest BCUT2D eigenvalue weighted by molar-refractivity contribution is -0.135. The van der Waals surface area contributed by atoms with Crippen molar-refractivity contribution < 1.29 is 9.53 Å². The Kier molecular flexibility index (Phi) is 5.82. The Hall–Kier alpha value is -1.07. The maximum atomic E-state index is 11.7. The van der Waals surface area contributed by atoms with E-state index < -0.39 is 6.10 Å². The number of rotatable bonds is 5. The fraction of sp³-hybridized carbons (Fsp3) is 0.500. The van der Waals surface area contributed by atoms with Crippen molar-refractivity contribution in [2.24, 2.45) is 5.73 Å². The minimum atomic E-state index is -0.501. The molecule has 0 aliphatic heterocycles. The summed E-state index contributed by atoms with van der Waals surface area (Å²) in [7, 11) is 3.43. The minimum absolute atomic E-state index is 0.0586. The smallest absolute Gasteiger partial charge is 0.262 e. The Labute approximate surface area is 123 Å². The third-order valence-electron chi connectivity index (χ3n) is 2.66. The van der Waals surface area contributed by atoms with Crippen LogP contribution in [-0.2, 0) is 11.2 Å². The number of carbonyl (C=O) groups is 1. The number of benzene rings is 1. The Bertz CT molecular complexity index is 447. The van der Waals surface area contributed by atoms with Gasteiger partial charge in [0.25, 0.3) is 5.91 Å². The number of likely N-dealkylation sites (N-methyl/N-ethyl adjacent to an activating group) is 1. The number of carbonyl (C=O) groups excluding carboxylic acids is 1. The molecule has 19 heavy (non-hydrogen) atoms. The first-order valence-corrected chi connectivity index (χ1v) is 7.02. The molecule has 2 unspecified atom stereocenters. The van der Waals surface area contributed by atoms with Crippen LogP contribution >= 0.6 is 15.9 Å². The number of hydrogen-bond acceptors (Lipinski definition) is 3. The fourth-order valence-electron chi connectivity index (χ4n) is 1.75. The van der Waals surface area contributed by atoms with Crippen LogP contribution in [0.15, 0.2) is 22.7 Å². The molecule has 1 amide bonds. The predicted octanol–water partition coefficient (Wildman–Crippen LogP) is 2.19. The first-order valence-electron chi connectivity index (χ1n) is 6.23. The van der Waals surface area contributed by atoms with E-state index in [4.69, 9.17) is 10.5 Å². The lowest BCUT2D eigenvalue weighted by Crippen LogP contribution is -2.35. The molecule has 1 rings (SSSR count). The van der Waals surface area contributed by atoms with Gasteiger partial charge in [-0.15, -0.1) is 0 Å². The molecule has 0 aliphatic carbocycles. The van der Waals surface area contributed by atoms with E-state index in [1.165, 1.54) is 4.90 Å². The number of ether oxygens (including phenoxy) is 1. The first-order chi connectivity index (χ1) is 8.81. The second-order valence-electron chi connectivity index (χ2n) is 4.93. The van der Waals surface area contributed by atoms with Crippen molar-refractivity contribution in [3.05, 3.63) is 28.2 Å². The summed E-state index contributed by atoms with van der Waals surface area (Å²) < 4.78 is 6.67. The molecule has 1 aromatic carbocycles. The minimum Gasteiger partial charge on any atom is -0.481 e. The topological polar surface area (TPSA) is 55.6 Å². The van der Waals surface area contributed by atoms with E-state index in [2.05, 4.69) is 15.9 Å². The standard InChI is InChI=1S/C14H21BrN2O2/c1-9(16)7-11-8-12(5-6-13(11)15)19-10(2)14(18)17(3)4/h5-6,8-10H,7,16H2,1-4H3. The molecule has 0 aromatic heterocycles. The molecule has 5 heteroatoms. The van der Waals surface area contributed by atoms with Crippen molar-refractivity contribution in [2.45, 2.75) is 32.4 Å². The maximum absolute atomic E-state index is 11.7. The van der Waals surface area contributed by atoms with E-state index in [1.54, 1.807) is 21.0 Å². The molecule has 0 saturated heterocycles. The third-order valence-corrected chi connectivity index (χ3v) is 3.43. The highest BCUT2D eigenvalue weighted by Crippen LogP contribution is 2.24. The first kappa shape index (κ1) is 16.0. The van der Waals surface area contributed by atoms with Crippen molar-refractivity contribution in [1.82, 2.24) is 4.90 Å². The second-order valence-corrected chi connectivity index (χ2v) is 5.78. The maximum Gasteiger partial charge on any atom is 0.262 e. The lowest BCUT2D eigenvalue weighted by atomic mass is 10.1. The van der Waals surface area contributed by atoms with Crippen molar-refractivity contribution in [1.29, 1.82) is 0 Å². The molecule has 0 bridgehead atoms. The lowest BCUT2D eigenvalue weighted by Gasteiger charge is -2.19. The van der Waals surface area contributed by atoms with Gasteiger partial charge in [0.2, 0.25) is 0 Å². The van der Waals surface area contributed by atoms with Gasteiger partial charge in [0, 0.05) is 24.6 Å². The number of hydrogen-bond donors (Lipinski definition) is 1. The second kappa shape index (κ2) is 6.91. The fourth-order valence-corrected chi connectivity index (χ4v) is 2.15. The predicted molar refractivity (Wildman–Crippen MR) is 80.3 cm³/mol. The number of amides is 1. The van der Waals surface area contributed by atoms with Gasteiger partial charge in [-0.25, -0.2) is 0 Å². The Morgan fingerprint density at radius 3 is 2.58 bits per heavy atom. The van der Waals surface area contributed by atoms with Crippen molar-refractivity contribution in [3.8, 4) is 5.75 Å². The highest BCUT2D eigenvalue weighted by molar-refractivity contribution is 9.10. The summed E-state index contributed by atoms with van der Waals surface area (Å²) in [6, 6.07) is 5.76. The van der Waals surface area contributed by atoms with Crippen LogP contribution in [0.1, 0.15) is 19.4 Å². The SMILES string of the molecule is CC(N)Cc1cc(OC(C)C(=O)N(C)C)ccc1Br. The van der Waals surface area contributed by atoms with Gasteiger partial charge in [-0.3, -0.25) is 4.79 Å². The zero-order chi connectivity index (χ0) is 14.6. The Morgan fingerprint density at radius 1 is 1.42 bits per heavy atom. The molecule has 106 valence electrons. The number of nitrogens with zero attached hydrogens (tertiary/aromatic N) is 1. The van der Waals surface area contributed by atoms with E-state index in [0.29, 0.717) is 5.75 Å². The molecule has 1 aromatic rings. The van der Waals surface area contributed by atoms with Crippen LogP contribution in [0.4, 0.5) is 0 Å². The molecule has 2 N–H and O–H groups in total. The molecule has 0 saturated carbocycles. The number of nitrogens with two attached hydrogens (primary N) is 1. The van der Waals surface area contributed by atoms with E-state index in [0.717, 1.165) is 16.5 Å². The zero-order valence-corrected chi connectivity index (χ0v) is 13.4. The number of halogens is 1. The van der Waals surface area contributed by atoms with Gasteiger partial charge in [0.05, 0.1) is 0 Å². The Morgan fingerprint density at radius 2 is 2.05 bits per heavy atom. The van der Waals surface area contributed by atoms with Crippen LogP contribution in [0.2, 0.25) is 0 Å². The van der Waals surface area contributed by atoms with E-state index in [1.807, 2.05) is 25.1 Å². The van der Waals surface area contributed by atoms with Gasteiger partial charge < -0.3 is 15.4 Å². The quantitative estimate of drug-likeness (QED) is 0.901. The average molecular weight is 329 g/mol. The van der Waals surface area contributed by atoms with Crippen LogP contribution in [0.5, 0.6) is 5.75 Å². The largest absolute Gasteiger partial charge is 0.481 e. The average Bonchev–Trinajstić information content (AvgIpc) is 2.31. The summed E-state index contributed by atoms with van der Waals surface area (Å²) in [5, 5.41) is 0. The summed E-state index contributed by atoms with van der Waals surface area (Å²) in [6.45, 7) is 3.70. The summed E-state index contributed by atoms with van der Waals surface area (Å²) >= 11 is 3.49.